The molecule has 2 saturated heterocycles. The van der Waals surface area contributed by atoms with Gasteiger partial charge in [-0.15, -0.1) is 0 Å². The van der Waals surface area contributed by atoms with Gasteiger partial charge in [-0.2, -0.15) is 11.8 Å². The van der Waals surface area contributed by atoms with Crippen LogP contribution in [0, 0.1) is 17.8 Å². The van der Waals surface area contributed by atoms with Crippen molar-refractivity contribution in [2.45, 2.75) is 39.5 Å². The van der Waals surface area contributed by atoms with Crippen LogP contribution in [0.1, 0.15) is 43.7 Å². The van der Waals surface area contributed by atoms with E-state index in [-0.39, 0.29) is 0 Å². The van der Waals surface area contributed by atoms with E-state index in [0.29, 0.717) is 16.7 Å². The molecule has 20 heavy (non-hydrogen) atoms. The monoisotopic (exact) mass is 289 g/mol. The summed E-state index contributed by atoms with van der Waals surface area (Å²) < 4.78 is 0. The van der Waals surface area contributed by atoms with E-state index in [1.165, 1.54) is 36.5 Å². The van der Waals surface area contributed by atoms with Crippen LogP contribution < -0.4 is 5.32 Å². The van der Waals surface area contributed by atoms with Gasteiger partial charge >= 0.3 is 0 Å². The van der Waals surface area contributed by atoms with Gasteiger partial charge in [0.25, 0.3) is 0 Å². The van der Waals surface area contributed by atoms with Crippen LogP contribution in [0.2, 0.25) is 0 Å². The topological polar surface area (TPSA) is 12.0 Å². The minimum absolute atomic E-state index is 0.453. The third kappa shape index (κ3) is 2.31. The lowest BCUT2D eigenvalue weighted by molar-refractivity contribution is 0.0255. The van der Waals surface area contributed by atoms with Crippen LogP contribution in [0.5, 0.6) is 0 Å². The molecule has 2 aliphatic rings. The summed E-state index contributed by atoms with van der Waals surface area (Å²) in [6.07, 6.45) is 2.69. The van der Waals surface area contributed by atoms with Gasteiger partial charge in [0.05, 0.1) is 0 Å². The highest BCUT2D eigenvalue weighted by Gasteiger charge is 2.52. The van der Waals surface area contributed by atoms with E-state index in [1.807, 2.05) is 0 Å². The van der Waals surface area contributed by atoms with Crippen molar-refractivity contribution in [3.8, 4) is 0 Å². The normalized spacial score (nSPS) is 33.2. The van der Waals surface area contributed by atoms with Crippen LogP contribution in [0.25, 0.3) is 0 Å². The highest BCUT2D eigenvalue weighted by Crippen LogP contribution is 2.58. The zero-order chi connectivity index (χ0) is 14.2. The summed E-state index contributed by atoms with van der Waals surface area (Å²) in [6, 6.07) is 9.21. The van der Waals surface area contributed by atoms with Gasteiger partial charge in [-0.25, -0.2) is 0 Å². The maximum absolute atomic E-state index is 3.65. The molecule has 110 valence electrons. The maximum Gasteiger partial charge on any atom is 0.00335 e. The molecule has 2 aliphatic heterocycles. The second-order valence-electron chi connectivity index (χ2n) is 7.26. The third-order valence-corrected chi connectivity index (χ3v) is 7.00. The van der Waals surface area contributed by atoms with Gasteiger partial charge < -0.3 is 5.32 Å². The Morgan fingerprint density at radius 3 is 2.85 bits per heavy atom. The highest BCUT2D eigenvalue weighted by atomic mass is 32.2. The Kier molecular flexibility index (Phi) is 3.89. The number of benzene rings is 1. The minimum atomic E-state index is 0.453. The highest BCUT2D eigenvalue weighted by molar-refractivity contribution is 7.99. The first-order chi connectivity index (χ1) is 9.55. The van der Waals surface area contributed by atoms with Crippen LogP contribution in [-0.2, 0) is 0 Å². The predicted octanol–water partition coefficient (Wildman–Crippen LogP) is 4.22. The molecule has 2 heteroatoms. The Morgan fingerprint density at radius 1 is 1.25 bits per heavy atom. The van der Waals surface area contributed by atoms with Crippen molar-refractivity contribution in [1.29, 1.82) is 0 Å². The average molecular weight is 289 g/mol. The maximum atomic E-state index is 3.65. The summed E-state index contributed by atoms with van der Waals surface area (Å²) in [4.78, 5) is 0. The molecule has 1 aromatic carbocycles. The van der Waals surface area contributed by atoms with Crippen molar-refractivity contribution in [3.63, 3.8) is 0 Å². The molecule has 1 spiro atoms. The first kappa shape index (κ1) is 14.5. The number of hydrogen-bond acceptors (Lipinski definition) is 2. The Balaban J connectivity index is 2.02. The van der Waals surface area contributed by atoms with Crippen molar-refractivity contribution in [3.05, 3.63) is 35.4 Å². The lowest BCUT2D eigenvalue weighted by Crippen LogP contribution is -2.54. The largest absolute Gasteiger partial charge is 0.316 e. The van der Waals surface area contributed by atoms with E-state index in [4.69, 9.17) is 0 Å². The summed E-state index contributed by atoms with van der Waals surface area (Å²) in [5.74, 6) is 3.34. The van der Waals surface area contributed by atoms with E-state index in [1.54, 1.807) is 5.56 Å². The van der Waals surface area contributed by atoms with Gasteiger partial charge in [-0.05, 0) is 48.5 Å². The second-order valence-corrected chi connectivity index (χ2v) is 8.37. The molecule has 0 aliphatic carbocycles. The Labute approximate surface area is 127 Å². The predicted molar refractivity (Wildman–Crippen MR) is 89.6 cm³/mol. The number of nitrogens with one attached hydrogen (secondary N) is 1. The first-order valence-electron chi connectivity index (χ1n) is 7.90. The van der Waals surface area contributed by atoms with Gasteiger partial charge in [0, 0.05) is 18.2 Å². The minimum Gasteiger partial charge on any atom is -0.316 e. The SMILES string of the molecule is Cc1cccc(C2CNCCC23CSCCC3(C)C)c1. The van der Waals surface area contributed by atoms with Gasteiger partial charge in [0.1, 0.15) is 0 Å². The fourth-order valence-corrected chi connectivity index (χ4v) is 6.16. The standard InChI is InChI=1S/C18H27NS/c1-14-5-4-6-15(11-14)16-12-19-9-7-18(16)13-20-10-8-17(18,2)3/h4-6,11,16,19H,7-10,12-13H2,1-3H3. The smallest absolute Gasteiger partial charge is 0.00335 e. The van der Waals surface area contributed by atoms with Gasteiger partial charge in [0.2, 0.25) is 0 Å². The van der Waals surface area contributed by atoms with E-state index in [2.05, 4.69) is 62.1 Å². The molecule has 0 aromatic heterocycles. The molecule has 0 amide bonds. The van der Waals surface area contributed by atoms with Crippen LogP contribution >= 0.6 is 11.8 Å². The number of rotatable bonds is 1. The Bertz CT molecular complexity index is 476. The van der Waals surface area contributed by atoms with Crippen molar-refractivity contribution in [2.24, 2.45) is 10.8 Å². The van der Waals surface area contributed by atoms with Crippen molar-refractivity contribution in [1.82, 2.24) is 5.32 Å². The Hall–Kier alpha value is -0.470. The molecule has 2 atom stereocenters. The number of thioether (sulfide) groups is 1. The average Bonchev–Trinajstić information content (AvgIpc) is 2.43. The van der Waals surface area contributed by atoms with Gasteiger partial charge in [0.15, 0.2) is 0 Å². The summed E-state index contributed by atoms with van der Waals surface area (Å²) >= 11 is 2.18. The Morgan fingerprint density at radius 2 is 2.10 bits per heavy atom. The number of aryl methyl sites for hydroxylation is 1. The molecular formula is C18H27NS. The molecule has 0 bridgehead atoms. The molecule has 0 saturated carbocycles. The van der Waals surface area contributed by atoms with E-state index in [0.717, 1.165) is 6.54 Å². The fourth-order valence-electron chi connectivity index (χ4n) is 4.26. The van der Waals surface area contributed by atoms with Crippen molar-refractivity contribution < 1.29 is 0 Å². The first-order valence-corrected chi connectivity index (χ1v) is 9.06. The summed E-state index contributed by atoms with van der Waals surface area (Å²) in [6.45, 7) is 9.58. The summed E-state index contributed by atoms with van der Waals surface area (Å²) in [7, 11) is 0. The lowest BCUT2D eigenvalue weighted by Gasteiger charge is -2.57. The third-order valence-electron chi connectivity index (χ3n) is 5.79. The fraction of sp³-hybridized carbons (Fsp3) is 0.667. The van der Waals surface area contributed by atoms with Crippen molar-refractivity contribution in [2.75, 3.05) is 24.6 Å². The molecule has 1 nitrogen and oxygen atoms in total. The number of piperidine rings is 1. The van der Waals surface area contributed by atoms with Crippen LogP contribution in [0.3, 0.4) is 0 Å². The van der Waals surface area contributed by atoms with Gasteiger partial charge in [-0.3, -0.25) is 0 Å². The van der Waals surface area contributed by atoms with Gasteiger partial charge in [-0.1, -0.05) is 43.7 Å². The molecule has 2 heterocycles. The summed E-state index contributed by atoms with van der Waals surface area (Å²) in [5, 5.41) is 3.65. The van der Waals surface area contributed by atoms with E-state index < -0.39 is 0 Å². The quantitative estimate of drug-likeness (QED) is 0.830. The molecule has 3 rings (SSSR count). The molecule has 1 aromatic rings. The van der Waals surface area contributed by atoms with Crippen molar-refractivity contribution >= 4 is 11.8 Å². The number of hydrogen-bond donors (Lipinski definition) is 1. The van der Waals surface area contributed by atoms with Crippen LogP contribution in [0.4, 0.5) is 0 Å². The summed E-state index contributed by atoms with van der Waals surface area (Å²) in [5.41, 5.74) is 3.86. The molecule has 2 unspecified atom stereocenters. The molecule has 2 fully saturated rings. The van der Waals surface area contributed by atoms with E-state index >= 15 is 0 Å². The zero-order valence-corrected chi connectivity index (χ0v) is 13.9. The lowest BCUT2D eigenvalue weighted by atomic mass is 9.54. The molecule has 1 N–H and O–H groups in total. The van der Waals surface area contributed by atoms with Crippen LogP contribution in [-0.4, -0.2) is 24.6 Å². The van der Waals surface area contributed by atoms with Crippen LogP contribution in [0.15, 0.2) is 24.3 Å². The second kappa shape index (κ2) is 5.38. The molecule has 0 radical (unpaired) electrons. The molecular weight excluding hydrogens is 262 g/mol. The van der Waals surface area contributed by atoms with E-state index in [9.17, 15) is 0 Å². The zero-order valence-electron chi connectivity index (χ0n) is 13.0.